The van der Waals surface area contributed by atoms with E-state index in [1.807, 2.05) is 43.3 Å². The summed E-state index contributed by atoms with van der Waals surface area (Å²) in [6.45, 7) is 0. The molecule has 0 atom stereocenters. The van der Waals surface area contributed by atoms with Crippen molar-refractivity contribution in [2.24, 2.45) is 11.7 Å². The molecule has 0 aliphatic heterocycles. The van der Waals surface area contributed by atoms with Crippen LogP contribution < -0.4 is 16.0 Å². The molecule has 4 nitrogen and oxygen atoms in total. The maximum Gasteiger partial charge on any atom is 0.227 e. The van der Waals surface area contributed by atoms with Crippen molar-refractivity contribution in [1.82, 2.24) is 0 Å². The van der Waals surface area contributed by atoms with Gasteiger partial charge in [0.25, 0.3) is 0 Å². The average molecular weight is 261 g/mol. The van der Waals surface area contributed by atoms with Gasteiger partial charge in [0, 0.05) is 37.4 Å². The Morgan fingerprint density at radius 3 is 2.26 bits per heavy atom. The summed E-state index contributed by atoms with van der Waals surface area (Å²) in [5, 5.41) is 2.99. The van der Waals surface area contributed by atoms with Crippen LogP contribution in [0.25, 0.3) is 0 Å². The van der Waals surface area contributed by atoms with E-state index in [9.17, 15) is 4.79 Å². The van der Waals surface area contributed by atoms with E-state index in [2.05, 4.69) is 5.32 Å². The Kier molecular flexibility index (Phi) is 4.43. The van der Waals surface area contributed by atoms with Crippen molar-refractivity contribution in [3.8, 4) is 0 Å². The first-order valence-electron chi connectivity index (χ1n) is 6.90. The van der Waals surface area contributed by atoms with Gasteiger partial charge in [-0.3, -0.25) is 4.79 Å². The van der Waals surface area contributed by atoms with Gasteiger partial charge in [0.2, 0.25) is 5.91 Å². The first-order chi connectivity index (χ1) is 9.06. The van der Waals surface area contributed by atoms with E-state index in [1.54, 1.807) is 0 Å². The molecule has 1 aromatic carbocycles. The molecule has 0 heterocycles. The zero-order valence-electron chi connectivity index (χ0n) is 11.7. The van der Waals surface area contributed by atoms with Crippen LogP contribution in [0.2, 0.25) is 0 Å². The molecule has 1 aliphatic carbocycles. The van der Waals surface area contributed by atoms with Gasteiger partial charge in [-0.15, -0.1) is 0 Å². The number of nitrogens with one attached hydrogen (secondary N) is 1. The maximum atomic E-state index is 12.1. The van der Waals surface area contributed by atoms with Gasteiger partial charge < -0.3 is 16.0 Å². The molecule has 1 aromatic rings. The number of nitrogens with zero attached hydrogens (tertiary/aromatic N) is 1. The zero-order valence-corrected chi connectivity index (χ0v) is 11.7. The van der Waals surface area contributed by atoms with Crippen LogP contribution >= 0.6 is 0 Å². The summed E-state index contributed by atoms with van der Waals surface area (Å²) in [5.74, 6) is 0.248. The van der Waals surface area contributed by atoms with Crippen molar-refractivity contribution < 1.29 is 4.79 Å². The second-order valence-electron chi connectivity index (χ2n) is 5.54. The van der Waals surface area contributed by atoms with E-state index in [4.69, 9.17) is 5.73 Å². The summed E-state index contributed by atoms with van der Waals surface area (Å²) in [7, 11) is 4.00. The SMILES string of the molecule is CN(C)c1ccc(NC(=O)C2CCC(N)CC2)cc1. The van der Waals surface area contributed by atoms with Gasteiger partial charge in [-0.2, -0.15) is 0 Å². The number of rotatable bonds is 3. The van der Waals surface area contributed by atoms with Gasteiger partial charge in [-0.05, 0) is 49.9 Å². The number of carbonyl (C=O) groups excluding carboxylic acids is 1. The van der Waals surface area contributed by atoms with Gasteiger partial charge in [0.05, 0.1) is 0 Å². The molecule has 104 valence electrons. The number of anilines is 2. The minimum Gasteiger partial charge on any atom is -0.378 e. The Bertz CT molecular complexity index is 420. The normalized spacial score (nSPS) is 22.9. The van der Waals surface area contributed by atoms with Gasteiger partial charge >= 0.3 is 0 Å². The molecule has 19 heavy (non-hydrogen) atoms. The minimum absolute atomic E-state index is 0.119. The van der Waals surface area contributed by atoms with E-state index in [0.29, 0.717) is 0 Å². The predicted molar refractivity (Wildman–Crippen MR) is 79.3 cm³/mol. The fourth-order valence-corrected chi connectivity index (χ4v) is 2.47. The Balaban J connectivity index is 1.91. The molecule has 0 unspecified atom stereocenters. The number of benzene rings is 1. The molecule has 1 amide bonds. The molecule has 1 saturated carbocycles. The molecule has 0 bridgehead atoms. The number of nitrogens with two attached hydrogens (primary N) is 1. The molecule has 0 aromatic heterocycles. The van der Waals surface area contributed by atoms with Crippen molar-refractivity contribution >= 4 is 17.3 Å². The second kappa shape index (κ2) is 6.06. The van der Waals surface area contributed by atoms with Gasteiger partial charge in [0.15, 0.2) is 0 Å². The Labute approximate surface area is 115 Å². The van der Waals surface area contributed by atoms with Crippen molar-refractivity contribution in [2.75, 3.05) is 24.3 Å². The average Bonchev–Trinajstić information content (AvgIpc) is 2.40. The highest BCUT2D eigenvalue weighted by Gasteiger charge is 2.24. The van der Waals surface area contributed by atoms with Crippen LogP contribution in [0.4, 0.5) is 11.4 Å². The number of carbonyl (C=O) groups is 1. The van der Waals surface area contributed by atoms with E-state index < -0.39 is 0 Å². The number of hydrogen-bond donors (Lipinski definition) is 2. The zero-order chi connectivity index (χ0) is 13.8. The van der Waals surface area contributed by atoms with Crippen molar-refractivity contribution in [1.29, 1.82) is 0 Å². The molecule has 1 fully saturated rings. The first-order valence-corrected chi connectivity index (χ1v) is 6.90. The fraction of sp³-hybridized carbons (Fsp3) is 0.533. The summed E-state index contributed by atoms with van der Waals surface area (Å²) in [5.41, 5.74) is 7.85. The van der Waals surface area contributed by atoms with Crippen LogP contribution in [0.1, 0.15) is 25.7 Å². The molecule has 1 aliphatic rings. The highest BCUT2D eigenvalue weighted by molar-refractivity contribution is 5.92. The van der Waals surface area contributed by atoms with Crippen molar-refractivity contribution in [3.63, 3.8) is 0 Å². The lowest BCUT2D eigenvalue weighted by Gasteiger charge is -2.25. The van der Waals surface area contributed by atoms with Crippen LogP contribution in [-0.2, 0) is 4.79 Å². The molecular weight excluding hydrogens is 238 g/mol. The second-order valence-corrected chi connectivity index (χ2v) is 5.54. The highest BCUT2D eigenvalue weighted by atomic mass is 16.1. The molecule has 0 spiro atoms. The lowest BCUT2D eigenvalue weighted by Crippen LogP contribution is -2.32. The minimum atomic E-state index is 0.119. The lowest BCUT2D eigenvalue weighted by molar-refractivity contribution is -0.120. The number of amides is 1. The van der Waals surface area contributed by atoms with Gasteiger partial charge in [-0.1, -0.05) is 0 Å². The largest absolute Gasteiger partial charge is 0.378 e. The Hall–Kier alpha value is -1.55. The van der Waals surface area contributed by atoms with Crippen LogP contribution in [0.15, 0.2) is 24.3 Å². The maximum absolute atomic E-state index is 12.1. The summed E-state index contributed by atoms with van der Waals surface area (Å²) >= 11 is 0. The van der Waals surface area contributed by atoms with Crippen LogP contribution in [0.3, 0.4) is 0 Å². The quantitative estimate of drug-likeness (QED) is 0.877. The summed E-state index contributed by atoms with van der Waals surface area (Å²) in [6, 6.07) is 8.19. The van der Waals surface area contributed by atoms with E-state index >= 15 is 0 Å². The van der Waals surface area contributed by atoms with Crippen LogP contribution in [0, 0.1) is 5.92 Å². The van der Waals surface area contributed by atoms with E-state index in [0.717, 1.165) is 37.1 Å². The predicted octanol–water partition coefficient (Wildman–Crippen LogP) is 2.21. The monoisotopic (exact) mass is 261 g/mol. The molecule has 3 N–H and O–H groups in total. The smallest absolute Gasteiger partial charge is 0.227 e. The van der Waals surface area contributed by atoms with E-state index in [1.165, 1.54) is 0 Å². The summed E-state index contributed by atoms with van der Waals surface area (Å²) < 4.78 is 0. The summed E-state index contributed by atoms with van der Waals surface area (Å²) in [4.78, 5) is 14.2. The molecule has 4 heteroatoms. The highest BCUT2D eigenvalue weighted by Crippen LogP contribution is 2.25. The van der Waals surface area contributed by atoms with E-state index in [-0.39, 0.29) is 17.9 Å². The lowest BCUT2D eigenvalue weighted by atomic mass is 9.86. The van der Waals surface area contributed by atoms with Crippen molar-refractivity contribution in [2.45, 2.75) is 31.7 Å². The third kappa shape index (κ3) is 3.70. The van der Waals surface area contributed by atoms with Gasteiger partial charge in [-0.25, -0.2) is 0 Å². The Morgan fingerprint density at radius 2 is 1.74 bits per heavy atom. The fourth-order valence-electron chi connectivity index (χ4n) is 2.47. The third-order valence-electron chi connectivity index (χ3n) is 3.79. The Morgan fingerprint density at radius 1 is 1.16 bits per heavy atom. The first kappa shape index (κ1) is 13.9. The molecular formula is C15H23N3O. The topological polar surface area (TPSA) is 58.4 Å². The third-order valence-corrected chi connectivity index (χ3v) is 3.79. The molecule has 0 radical (unpaired) electrons. The van der Waals surface area contributed by atoms with Crippen LogP contribution in [0.5, 0.6) is 0 Å². The summed E-state index contributed by atoms with van der Waals surface area (Å²) in [6.07, 6.45) is 3.72. The van der Waals surface area contributed by atoms with Crippen molar-refractivity contribution in [3.05, 3.63) is 24.3 Å². The molecule has 0 saturated heterocycles. The number of hydrogen-bond acceptors (Lipinski definition) is 3. The molecule has 2 rings (SSSR count). The van der Waals surface area contributed by atoms with Gasteiger partial charge in [0.1, 0.15) is 0 Å². The van der Waals surface area contributed by atoms with Crippen LogP contribution in [-0.4, -0.2) is 26.0 Å². The standard InChI is InChI=1S/C15H23N3O/c1-18(2)14-9-7-13(8-10-14)17-15(19)11-3-5-12(16)6-4-11/h7-12H,3-6,16H2,1-2H3,(H,17,19).